The van der Waals surface area contributed by atoms with Crippen LogP contribution in [0, 0.1) is 0 Å². The molecule has 5 heteroatoms. The van der Waals surface area contributed by atoms with E-state index in [1.54, 1.807) is 0 Å². The molecule has 1 unspecified atom stereocenters. The summed E-state index contributed by atoms with van der Waals surface area (Å²) in [7, 11) is 0. The molecule has 2 nitrogen and oxygen atoms in total. The first-order chi connectivity index (χ1) is 9.44. The van der Waals surface area contributed by atoms with E-state index in [9.17, 15) is 13.2 Å². The summed E-state index contributed by atoms with van der Waals surface area (Å²) in [5.41, 5.74) is 1.21. The van der Waals surface area contributed by atoms with Crippen molar-refractivity contribution in [1.29, 1.82) is 0 Å². The third-order valence-electron chi connectivity index (χ3n) is 3.78. The number of hydrogen-bond acceptors (Lipinski definition) is 2. The van der Waals surface area contributed by atoms with Gasteiger partial charge >= 0.3 is 6.18 Å². The third-order valence-corrected chi connectivity index (χ3v) is 3.78. The second kappa shape index (κ2) is 6.59. The Labute approximate surface area is 118 Å². The molecule has 1 aromatic rings. The van der Waals surface area contributed by atoms with Crippen molar-refractivity contribution < 1.29 is 13.2 Å². The SMILES string of the molecule is CC(NC1CCN(CC(F)(F)F)CC1)c1ccccc1. The number of benzene rings is 1. The van der Waals surface area contributed by atoms with Crippen LogP contribution < -0.4 is 5.32 Å². The quantitative estimate of drug-likeness (QED) is 0.913. The van der Waals surface area contributed by atoms with Gasteiger partial charge in [0.05, 0.1) is 6.54 Å². The van der Waals surface area contributed by atoms with Crippen molar-refractivity contribution in [2.45, 2.75) is 38.0 Å². The van der Waals surface area contributed by atoms with E-state index in [1.807, 2.05) is 18.2 Å². The van der Waals surface area contributed by atoms with E-state index in [-0.39, 0.29) is 6.04 Å². The van der Waals surface area contributed by atoms with E-state index in [2.05, 4.69) is 24.4 Å². The fourth-order valence-electron chi connectivity index (χ4n) is 2.70. The first-order valence-corrected chi connectivity index (χ1v) is 7.04. The molecule has 1 aromatic carbocycles. The summed E-state index contributed by atoms with van der Waals surface area (Å²) < 4.78 is 36.9. The number of halogens is 3. The van der Waals surface area contributed by atoms with Gasteiger partial charge in [-0.3, -0.25) is 4.90 Å². The first-order valence-electron chi connectivity index (χ1n) is 7.04. The van der Waals surface area contributed by atoms with Crippen molar-refractivity contribution in [3.63, 3.8) is 0 Å². The zero-order chi connectivity index (χ0) is 14.6. The molecule has 20 heavy (non-hydrogen) atoms. The molecule has 0 radical (unpaired) electrons. The van der Waals surface area contributed by atoms with Crippen LogP contribution in [-0.2, 0) is 0 Å². The standard InChI is InChI=1S/C15H21F3N2/c1-12(13-5-3-2-4-6-13)19-14-7-9-20(10-8-14)11-15(16,17)18/h2-6,12,14,19H,7-11H2,1H3. The molecule has 1 heterocycles. The predicted octanol–water partition coefficient (Wildman–Crippen LogP) is 3.36. The smallest absolute Gasteiger partial charge is 0.307 e. The maximum Gasteiger partial charge on any atom is 0.401 e. The summed E-state index contributed by atoms with van der Waals surface area (Å²) in [6.07, 6.45) is -2.54. The van der Waals surface area contributed by atoms with E-state index < -0.39 is 12.7 Å². The Morgan fingerprint density at radius 2 is 1.80 bits per heavy atom. The highest BCUT2D eigenvalue weighted by atomic mass is 19.4. The Morgan fingerprint density at radius 3 is 2.35 bits per heavy atom. The Kier molecular flexibility index (Phi) is 5.05. The van der Waals surface area contributed by atoms with Crippen molar-refractivity contribution in [2.75, 3.05) is 19.6 Å². The molecule has 1 saturated heterocycles. The fraction of sp³-hybridized carbons (Fsp3) is 0.600. The van der Waals surface area contributed by atoms with Gasteiger partial charge in [-0.1, -0.05) is 30.3 Å². The van der Waals surface area contributed by atoms with Gasteiger partial charge in [-0.15, -0.1) is 0 Å². The minimum atomic E-state index is -4.09. The van der Waals surface area contributed by atoms with Gasteiger partial charge in [-0.25, -0.2) is 0 Å². The molecule has 1 aliphatic rings. The summed E-state index contributed by atoms with van der Waals surface area (Å²) in [5.74, 6) is 0. The summed E-state index contributed by atoms with van der Waals surface area (Å²) in [6, 6.07) is 10.6. The number of nitrogens with zero attached hydrogens (tertiary/aromatic N) is 1. The van der Waals surface area contributed by atoms with Gasteiger partial charge in [0.15, 0.2) is 0 Å². The lowest BCUT2D eigenvalue weighted by Gasteiger charge is -2.34. The first kappa shape index (κ1) is 15.3. The molecule has 0 aliphatic carbocycles. The second-order valence-electron chi connectivity index (χ2n) is 5.46. The summed E-state index contributed by atoms with van der Waals surface area (Å²) >= 11 is 0. The van der Waals surface area contributed by atoms with Gasteiger partial charge in [0.25, 0.3) is 0 Å². The number of hydrogen-bond donors (Lipinski definition) is 1. The Hall–Kier alpha value is -1.07. The molecule has 1 aliphatic heterocycles. The number of alkyl halides is 3. The molecule has 1 fully saturated rings. The normalized spacial score (nSPS) is 20.0. The van der Waals surface area contributed by atoms with Crippen LogP contribution in [0.4, 0.5) is 13.2 Å². The zero-order valence-corrected chi connectivity index (χ0v) is 11.7. The second-order valence-corrected chi connectivity index (χ2v) is 5.46. The van der Waals surface area contributed by atoms with Crippen LogP contribution >= 0.6 is 0 Å². The lowest BCUT2D eigenvalue weighted by atomic mass is 10.0. The van der Waals surface area contributed by atoms with Gasteiger partial charge < -0.3 is 5.32 Å². The minimum Gasteiger partial charge on any atom is -0.307 e. The Morgan fingerprint density at radius 1 is 1.20 bits per heavy atom. The molecular weight excluding hydrogens is 265 g/mol. The van der Waals surface area contributed by atoms with E-state index in [0.29, 0.717) is 19.1 Å². The molecule has 112 valence electrons. The molecule has 0 aromatic heterocycles. The van der Waals surface area contributed by atoms with Gasteiger partial charge in [0.1, 0.15) is 0 Å². The van der Waals surface area contributed by atoms with Crippen LogP contribution in [0.1, 0.15) is 31.4 Å². The average Bonchev–Trinajstić information content (AvgIpc) is 2.40. The topological polar surface area (TPSA) is 15.3 Å². The van der Waals surface area contributed by atoms with E-state index in [1.165, 1.54) is 10.5 Å². The van der Waals surface area contributed by atoms with Crippen LogP contribution in [0.3, 0.4) is 0 Å². The van der Waals surface area contributed by atoms with E-state index >= 15 is 0 Å². The third kappa shape index (κ3) is 4.80. The largest absolute Gasteiger partial charge is 0.401 e. The average molecular weight is 286 g/mol. The predicted molar refractivity (Wildman–Crippen MR) is 73.5 cm³/mol. The van der Waals surface area contributed by atoms with E-state index in [4.69, 9.17) is 0 Å². The number of piperidine rings is 1. The molecule has 2 rings (SSSR count). The number of rotatable bonds is 4. The fourth-order valence-corrected chi connectivity index (χ4v) is 2.70. The molecule has 0 amide bonds. The molecular formula is C15H21F3N2. The zero-order valence-electron chi connectivity index (χ0n) is 11.7. The summed E-state index contributed by atoms with van der Waals surface area (Å²) in [6.45, 7) is 2.34. The lowest BCUT2D eigenvalue weighted by molar-refractivity contribution is -0.148. The highest BCUT2D eigenvalue weighted by Crippen LogP contribution is 2.21. The Balaban J connectivity index is 1.77. The molecule has 0 bridgehead atoms. The van der Waals surface area contributed by atoms with Crippen molar-refractivity contribution >= 4 is 0 Å². The van der Waals surface area contributed by atoms with Crippen LogP contribution in [0.15, 0.2) is 30.3 Å². The van der Waals surface area contributed by atoms with Crippen LogP contribution in [0.5, 0.6) is 0 Å². The van der Waals surface area contributed by atoms with Crippen LogP contribution in [0.25, 0.3) is 0 Å². The molecule has 0 saturated carbocycles. The van der Waals surface area contributed by atoms with Gasteiger partial charge in [0.2, 0.25) is 0 Å². The Bertz CT molecular complexity index is 397. The highest BCUT2D eigenvalue weighted by Gasteiger charge is 2.32. The van der Waals surface area contributed by atoms with Crippen LogP contribution in [0.2, 0.25) is 0 Å². The maximum atomic E-state index is 12.3. The lowest BCUT2D eigenvalue weighted by Crippen LogP contribution is -2.46. The molecule has 1 atom stereocenters. The summed E-state index contributed by atoms with van der Waals surface area (Å²) in [5, 5.41) is 3.51. The van der Waals surface area contributed by atoms with Gasteiger partial charge in [0, 0.05) is 12.1 Å². The number of nitrogens with one attached hydrogen (secondary N) is 1. The summed E-state index contributed by atoms with van der Waals surface area (Å²) in [4.78, 5) is 1.49. The minimum absolute atomic E-state index is 0.232. The van der Waals surface area contributed by atoms with E-state index in [0.717, 1.165) is 12.8 Å². The van der Waals surface area contributed by atoms with Crippen molar-refractivity contribution in [2.24, 2.45) is 0 Å². The van der Waals surface area contributed by atoms with Gasteiger partial charge in [-0.05, 0) is 38.4 Å². The molecule has 1 N–H and O–H groups in total. The van der Waals surface area contributed by atoms with Crippen molar-refractivity contribution in [3.8, 4) is 0 Å². The van der Waals surface area contributed by atoms with Crippen molar-refractivity contribution in [3.05, 3.63) is 35.9 Å². The highest BCUT2D eigenvalue weighted by molar-refractivity contribution is 5.18. The number of likely N-dealkylation sites (tertiary alicyclic amines) is 1. The maximum absolute atomic E-state index is 12.3. The van der Waals surface area contributed by atoms with Gasteiger partial charge in [-0.2, -0.15) is 13.2 Å². The molecule has 0 spiro atoms. The van der Waals surface area contributed by atoms with Crippen LogP contribution in [-0.4, -0.2) is 36.8 Å². The van der Waals surface area contributed by atoms with Crippen molar-refractivity contribution in [1.82, 2.24) is 10.2 Å². The monoisotopic (exact) mass is 286 g/mol.